The van der Waals surface area contributed by atoms with Gasteiger partial charge in [-0.2, -0.15) is 0 Å². The van der Waals surface area contributed by atoms with E-state index in [1.54, 1.807) is 0 Å². The average molecular weight is 364 g/mol. The zero-order valence-corrected chi connectivity index (χ0v) is 16.4. The van der Waals surface area contributed by atoms with Gasteiger partial charge in [0, 0.05) is 37.7 Å². The third kappa shape index (κ3) is 4.38. The Balaban J connectivity index is 1.80. The van der Waals surface area contributed by atoms with Crippen molar-refractivity contribution < 1.29 is 9.59 Å². The van der Waals surface area contributed by atoms with Crippen LogP contribution < -0.4 is 0 Å². The van der Waals surface area contributed by atoms with Crippen LogP contribution in [0.3, 0.4) is 0 Å². The van der Waals surface area contributed by atoms with Crippen LogP contribution in [0.4, 0.5) is 0 Å². The van der Waals surface area contributed by atoms with E-state index in [2.05, 4.69) is 6.92 Å². The summed E-state index contributed by atoms with van der Waals surface area (Å²) < 4.78 is 0. The third-order valence-electron chi connectivity index (χ3n) is 5.35. The maximum Gasteiger partial charge on any atom is 0.254 e. The van der Waals surface area contributed by atoms with Crippen LogP contribution in [0.25, 0.3) is 0 Å². The molecule has 4 nitrogen and oxygen atoms in total. The summed E-state index contributed by atoms with van der Waals surface area (Å²) in [6.45, 7) is 7.75. The van der Waals surface area contributed by atoms with Gasteiger partial charge in [0.05, 0.1) is 0 Å². The molecule has 0 aromatic heterocycles. The van der Waals surface area contributed by atoms with Gasteiger partial charge in [-0.25, -0.2) is 0 Å². The first-order chi connectivity index (χ1) is 13.0. The lowest BCUT2D eigenvalue weighted by Crippen LogP contribution is -2.43. The minimum Gasteiger partial charge on any atom is -0.336 e. The molecule has 0 radical (unpaired) electrons. The summed E-state index contributed by atoms with van der Waals surface area (Å²) in [5, 5.41) is 0. The van der Waals surface area contributed by atoms with Crippen molar-refractivity contribution in [1.82, 2.24) is 9.80 Å². The quantitative estimate of drug-likeness (QED) is 0.824. The van der Waals surface area contributed by atoms with Crippen molar-refractivity contribution in [2.24, 2.45) is 0 Å². The van der Waals surface area contributed by atoms with Gasteiger partial charge in [0.15, 0.2) is 0 Å². The Morgan fingerprint density at radius 1 is 1.11 bits per heavy atom. The van der Waals surface area contributed by atoms with Crippen molar-refractivity contribution in [2.45, 2.75) is 46.2 Å². The molecule has 1 saturated heterocycles. The van der Waals surface area contributed by atoms with E-state index in [4.69, 9.17) is 0 Å². The van der Waals surface area contributed by atoms with Crippen LogP contribution in [-0.4, -0.2) is 40.7 Å². The Morgan fingerprint density at radius 3 is 2.52 bits per heavy atom. The van der Waals surface area contributed by atoms with Crippen LogP contribution in [0.1, 0.15) is 46.8 Å². The first kappa shape index (κ1) is 19.2. The molecule has 2 aromatic rings. The van der Waals surface area contributed by atoms with Gasteiger partial charge < -0.3 is 9.80 Å². The van der Waals surface area contributed by atoms with Crippen LogP contribution in [0, 0.1) is 13.8 Å². The highest BCUT2D eigenvalue weighted by Gasteiger charge is 2.31. The van der Waals surface area contributed by atoms with E-state index in [9.17, 15) is 9.59 Å². The lowest BCUT2D eigenvalue weighted by molar-refractivity contribution is -0.133. The second-order valence-electron chi connectivity index (χ2n) is 7.39. The molecule has 1 heterocycles. The number of aryl methyl sites for hydroxylation is 2. The molecule has 2 aromatic carbocycles. The predicted molar refractivity (Wildman–Crippen MR) is 108 cm³/mol. The zero-order chi connectivity index (χ0) is 19.4. The third-order valence-corrected chi connectivity index (χ3v) is 5.35. The fourth-order valence-electron chi connectivity index (χ4n) is 3.78. The fraction of sp³-hybridized carbons (Fsp3) is 0.391. The van der Waals surface area contributed by atoms with Crippen molar-refractivity contribution in [3.05, 3.63) is 70.8 Å². The molecule has 142 valence electrons. The zero-order valence-electron chi connectivity index (χ0n) is 16.4. The standard InChI is InChI=1S/C23H28N2O2/c1-4-20-16-24(23(27)21-11-10-17(2)14-18(21)3)13-12-22(26)25(20)15-19-8-6-5-7-9-19/h5-11,14,20H,4,12-13,15-16H2,1-3H3. The van der Waals surface area contributed by atoms with Crippen molar-refractivity contribution in [1.29, 1.82) is 0 Å². The Hall–Kier alpha value is -2.62. The Bertz CT molecular complexity index is 816. The molecular weight excluding hydrogens is 336 g/mol. The number of hydrogen-bond acceptors (Lipinski definition) is 2. The number of nitrogens with zero attached hydrogens (tertiary/aromatic N) is 2. The molecule has 0 saturated carbocycles. The fourth-order valence-corrected chi connectivity index (χ4v) is 3.78. The minimum absolute atomic E-state index is 0.0281. The number of hydrogen-bond donors (Lipinski definition) is 0. The molecule has 4 heteroatoms. The maximum atomic E-state index is 13.1. The topological polar surface area (TPSA) is 40.6 Å². The summed E-state index contributed by atoms with van der Waals surface area (Å²) in [4.78, 5) is 29.7. The molecular formula is C23H28N2O2. The van der Waals surface area contributed by atoms with Gasteiger partial charge in [-0.05, 0) is 37.5 Å². The second-order valence-corrected chi connectivity index (χ2v) is 7.39. The molecule has 0 bridgehead atoms. The molecule has 1 unspecified atom stereocenters. The number of amides is 2. The van der Waals surface area contributed by atoms with Gasteiger partial charge in [0.1, 0.15) is 0 Å². The molecule has 3 rings (SSSR count). The van der Waals surface area contributed by atoms with E-state index in [0.717, 1.165) is 28.7 Å². The predicted octanol–water partition coefficient (Wildman–Crippen LogP) is 3.96. The van der Waals surface area contributed by atoms with Crippen molar-refractivity contribution in [2.75, 3.05) is 13.1 Å². The monoisotopic (exact) mass is 364 g/mol. The molecule has 1 atom stereocenters. The molecule has 27 heavy (non-hydrogen) atoms. The molecule has 0 spiro atoms. The van der Waals surface area contributed by atoms with Gasteiger partial charge in [0.25, 0.3) is 5.91 Å². The van der Waals surface area contributed by atoms with E-state index < -0.39 is 0 Å². The molecule has 2 amide bonds. The van der Waals surface area contributed by atoms with Gasteiger partial charge >= 0.3 is 0 Å². The molecule has 0 N–H and O–H groups in total. The van der Waals surface area contributed by atoms with Crippen LogP contribution >= 0.6 is 0 Å². The Kier molecular flexibility index (Phi) is 5.94. The van der Waals surface area contributed by atoms with E-state index in [-0.39, 0.29) is 17.9 Å². The lowest BCUT2D eigenvalue weighted by atomic mass is 10.0. The SMILES string of the molecule is CCC1CN(C(=O)c2ccc(C)cc2C)CCC(=O)N1Cc1ccccc1. The van der Waals surface area contributed by atoms with Crippen molar-refractivity contribution >= 4 is 11.8 Å². The number of benzene rings is 2. The Morgan fingerprint density at radius 2 is 1.85 bits per heavy atom. The second kappa shape index (κ2) is 8.38. The summed E-state index contributed by atoms with van der Waals surface area (Å²) in [6.07, 6.45) is 1.20. The van der Waals surface area contributed by atoms with E-state index in [0.29, 0.717) is 26.1 Å². The largest absolute Gasteiger partial charge is 0.336 e. The normalized spacial score (nSPS) is 17.7. The van der Waals surface area contributed by atoms with Crippen LogP contribution in [0.5, 0.6) is 0 Å². The Labute approximate surface area is 161 Å². The number of rotatable bonds is 4. The van der Waals surface area contributed by atoms with Crippen LogP contribution in [-0.2, 0) is 11.3 Å². The lowest BCUT2D eigenvalue weighted by Gasteiger charge is -2.31. The smallest absolute Gasteiger partial charge is 0.254 e. The van der Waals surface area contributed by atoms with Gasteiger partial charge in [-0.1, -0.05) is 55.0 Å². The van der Waals surface area contributed by atoms with Crippen molar-refractivity contribution in [3.63, 3.8) is 0 Å². The van der Waals surface area contributed by atoms with Gasteiger partial charge in [-0.3, -0.25) is 9.59 Å². The first-order valence-electron chi connectivity index (χ1n) is 9.69. The average Bonchev–Trinajstić information content (AvgIpc) is 2.82. The van der Waals surface area contributed by atoms with E-state index in [1.165, 1.54) is 0 Å². The number of carbonyl (C=O) groups excluding carboxylic acids is 2. The first-order valence-corrected chi connectivity index (χ1v) is 9.69. The summed E-state index contributed by atoms with van der Waals surface area (Å²) >= 11 is 0. The van der Waals surface area contributed by atoms with Crippen LogP contribution in [0.2, 0.25) is 0 Å². The molecule has 1 aliphatic heterocycles. The number of carbonyl (C=O) groups is 2. The summed E-state index contributed by atoms with van der Waals surface area (Å²) in [5.74, 6) is 0.155. The molecule has 0 aliphatic carbocycles. The molecule has 1 aliphatic rings. The summed E-state index contributed by atoms with van der Waals surface area (Å²) in [6, 6.07) is 16.0. The van der Waals surface area contributed by atoms with Gasteiger partial charge in [-0.15, -0.1) is 0 Å². The van der Waals surface area contributed by atoms with Gasteiger partial charge in [0.2, 0.25) is 5.91 Å². The van der Waals surface area contributed by atoms with Crippen LogP contribution in [0.15, 0.2) is 48.5 Å². The molecule has 1 fully saturated rings. The highest BCUT2D eigenvalue weighted by Crippen LogP contribution is 2.20. The summed E-state index contributed by atoms with van der Waals surface area (Å²) in [5.41, 5.74) is 4.00. The van der Waals surface area contributed by atoms with E-state index in [1.807, 2.05) is 72.2 Å². The minimum atomic E-state index is 0.0281. The highest BCUT2D eigenvalue weighted by atomic mass is 16.2. The van der Waals surface area contributed by atoms with Crippen molar-refractivity contribution in [3.8, 4) is 0 Å². The highest BCUT2D eigenvalue weighted by molar-refractivity contribution is 5.96. The summed E-state index contributed by atoms with van der Waals surface area (Å²) in [7, 11) is 0. The van der Waals surface area contributed by atoms with E-state index >= 15 is 0 Å². The maximum absolute atomic E-state index is 13.1.